The maximum absolute atomic E-state index is 11.8. The molecule has 4 heteroatoms. The molecule has 2 fully saturated rings. The third kappa shape index (κ3) is 2.10. The average molecular weight is 259 g/mol. The topological polar surface area (TPSA) is 58.4 Å². The highest BCUT2D eigenvalue weighted by molar-refractivity contribution is 5.83. The summed E-state index contributed by atoms with van der Waals surface area (Å²) in [6, 6.07) is 8.61. The molecular weight excluding hydrogens is 238 g/mol. The van der Waals surface area contributed by atoms with E-state index in [4.69, 9.17) is 5.73 Å². The molecule has 2 unspecified atom stereocenters. The quantitative estimate of drug-likeness (QED) is 0.844. The van der Waals surface area contributed by atoms with Crippen molar-refractivity contribution in [3.8, 4) is 0 Å². The molecule has 1 aromatic rings. The van der Waals surface area contributed by atoms with E-state index in [9.17, 15) is 4.79 Å². The van der Waals surface area contributed by atoms with Crippen LogP contribution in [0.15, 0.2) is 24.3 Å². The first-order valence-corrected chi connectivity index (χ1v) is 7.07. The van der Waals surface area contributed by atoms with Gasteiger partial charge in [-0.2, -0.15) is 0 Å². The number of amides is 1. The van der Waals surface area contributed by atoms with Crippen molar-refractivity contribution in [1.29, 1.82) is 0 Å². The van der Waals surface area contributed by atoms with Gasteiger partial charge in [0.2, 0.25) is 5.91 Å². The first-order chi connectivity index (χ1) is 9.18. The lowest BCUT2D eigenvalue weighted by Gasteiger charge is -2.39. The number of hydrogen-bond donors (Lipinski definition) is 2. The van der Waals surface area contributed by atoms with E-state index in [1.807, 2.05) is 13.0 Å². The molecule has 0 saturated carbocycles. The number of piperidine rings is 1. The van der Waals surface area contributed by atoms with E-state index < -0.39 is 0 Å². The largest absolute Gasteiger partial charge is 0.366 e. The van der Waals surface area contributed by atoms with Gasteiger partial charge in [0.15, 0.2) is 0 Å². The number of nitrogens with zero attached hydrogens (tertiary/aromatic N) is 1. The van der Waals surface area contributed by atoms with Gasteiger partial charge in [0.1, 0.15) is 0 Å². The Morgan fingerprint density at radius 3 is 3.00 bits per heavy atom. The van der Waals surface area contributed by atoms with Crippen LogP contribution in [-0.2, 0) is 4.79 Å². The van der Waals surface area contributed by atoms with Crippen LogP contribution in [0.4, 0.5) is 5.69 Å². The normalized spacial score (nSPS) is 27.9. The van der Waals surface area contributed by atoms with Gasteiger partial charge in [-0.05, 0) is 31.4 Å². The van der Waals surface area contributed by atoms with Crippen LogP contribution in [-0.4, -0.2) is 25.0 Å². The number of hydrogen-bond acceptors (Lipinski definition) is 3. The highest BCUT2D eigenvalue weighted by Crippen LogP contribution is 2.34. The number of para-hydroxylation sites is 1. The average Bonchev–Trinajstić information content (AvgIpc) is 2.81. The van der Waals surface area contributed by atoms with Crippen LogP contribution >= 0.6 is 0 Å². The summed E-state index contributed by atoms with van der Waals surface area (Å²) in [5.41, 5.74) is 8.44. The van der Waals surface area contributed by atoms with Gasteiger partial charge in [-0.3, -0.25) is 4.79 Å². The Labute approximate surface area is 114 Å². The number of carbonyl (C=O) groups is 1. The zero-order valence-electron chi connectivity index (χ0n) is 11.3. The highest BCUT2D eigenvalue weighted by Gasteiger charge is 2.41. The summed E-state index contributed by atoms with van der Waals surface area (Å²) in [6.07, 6.45) is 2.08. The van der Waals surface area contributed by atoms with Crippen molar-refractivity contribution in [2.24, 2.45) is 11.7 Å². The van der Waals surface area contributed by atoms with Crippen LogP contribution in [0.2, 0.25) is 0 Å². The lowest BCUT2D eigenvalue weighted by Crippen LogP contribution is -2.46. The first kappa shape index (κ1) is 12.5. The molecule has 102 valence electrons. The molecule has 0 bridgehead atoms. The molecule has 2 aliphatic rings. The van der Waals surface area contributed by atoms with E-state index >= 15 is 0 Å². The number of nitrogens with one attached hydrogen (secondary N) is 1. The van der Waals surface area contributed by atoms with Crippen LogP contribution < -0.4 is 16.0 Å². The lowest BCUT2D eigenvalue weighted by atomic mass is 9.90. The Kier molecular flexibility index (Phi) is 3.19. The molecule has 2 heterocycles. The minimum Gasteiger partial charge on any atom is -0.366 e. The van der Waals surface area contributed by atoms with E-state index in [0.717, 1.165) is 25.9 Å². The molecule has 2 aliphatic heterocycles. The third-order valence-electron chi connectivity index (χ3n) is 4.34. The minimum absolute atomic E-state index is 0.0154. The summed E-state index contributed by atoms with van der Waals surface area (Å²) in [5.74, 6) is 0.364. The fraction of sp³-hybridized carbons (Fsp3) is 0.533. The molecule has 0 spiro atoms. The number of anilines is 1. The lowest BCUT2D eigenvalue weighted by molar-refractivity contribution is -0.122. The summed E-state index contributed by atoms with van der Waals surface area (Å²) in [5, 5.41) is 3.00. The Morgan fingerprint density at radius 1 is 1.42 bits per heavy atom. The number of fused-ring (bicyclic) bond motifs is 1. The predicted molar refractivity (Wildman–Crippen MR) is 75.9 cm³/mol. The summed E-state index contributed by atoms with van der Waals surface area (Å²) >= 11 is 0. The minimum atomic E-state index is 0.0154. The summed E-state index contributed by atoms with van der Waals surface area (Å²) in [7, 11) is 0. The summed E-state index contributed by atoms with van der Waals surface area (Å²) in [4.78, 5) is 14.2. The maximum atomic E-state index is 11.8. The number of carbonyl (C=O) groups excluding carboxylic acids is 1. The Morgan fingerprint density at radius 2 is 2.21 bits per heavy atom. The van der Waals surface area contributed by atoms with Crippen molar-refractivity contribution in [3.63, 3.8) is 0 Å². The van der Waals surface area contributed by atoms with Crippen LogP contribution in [0.25, 0.3) is 0 Å². The second kappa shape index (κ2) is 4.85. The SMILES string of the molecule is C[C@H](N)c1ccccc1N1CCCC2C(=O)NCC21. The number of nitrogens with two attached hydrogens (primary N) is 1. The van der Waals surface area contributed by atoms with Crippen molar-refractivity contribution in [3.05, 3.63) is 29.8 Å². The smallest absolute Gasteiger partial charge is 0.225 e. The third-order valence-corrected chi connectivity index (χ3v) is 4.34. The van der Waals surface area contributed by atoms with E-state index in [0.29, 0.717) is 6.04 Å². The molecule has 1 aromatic carbocycles. The predicted octanol–water partition coefficient (Wildman–Crippen LogP) is 1.42. The Bertz CT molecular complexity index is 486. The summed E-state index contributed by atoms with van der Waals surface area (Å²) < 4.78 is 0. The maximum Gasteiger partial charge on any atom is 0.225 e. The molecule has 19 heavy (non-hydrogen) atoms. The Balaban J connectivity index is 1.95. The van der Waals surface area contributed by atoms with Gasteiger partial charge in [0.25, 0.3) is 0 Å². The van der Waals surface area contributed by atoms with Gasteiger partial charge >= 0.3 is 0 Å². The molecule has 0 aromatic heterocycles. The van der Waals surface area contributed by atoms with E-state index in [-0.39, 0.29) is 17.9 Å². The molecule has 3 N–H and O–H groups in total. The van der Waals surface area contributed by atoms with Gasteiger partial charge in [-0.15, -0.1) is 0 Å². The van der Waals surface area contributed by atoms with Crippen LogP contribution in [0, 0.1) is 5.92 Å². The van der Waals surface area contributed by atoms with Gasteiger partial charge in [0, 0.05) is 24.8 Å². The van der Waals surface area contributed by atoms with E-state index in [1.165, 1.54) is 11.3 Å². The molecule has 0 aliphatic carbocycles. The number of rotatable bonds is 2. The van der Waals surface area contributed by atoms with Crippen LogP contribution in [0.3, 0.4) is 0 Å². The molecular formula is C15H21N3O. The molecule has 2 saturated heterocycles. The standard InChI is InChI=1S/C15H21N3O/c1-10(16)11-5-2-3-7-13(11)18-8-4-6-12-14(18)9-17-15(12)19/h2-3,5,7,10,12,14H,4,6,8-9,16H2,1H3,(H,17,19)/t10-,12?,14?/m0/s1. The van der Waals surface area contributed by atoms with Crippen molar-refractivity contribution in [2.45, 2.75) is 31.8 Å². The van der Waals surface area contributed by atoms with Crippen molar-refractivity contribution >= 4 is 11.6 Å². The molecule has 1 amide bonds. The fourth-order valence-corrected chi connectivity index (χ4v) is 3.38. The number of benzene rings is 1. The van der Waals surface area contributed by atoms with Crippen LogP contribution in [0.1, 0.15) is 31.4 Å². The van der Waals surface area contributed by atoms with Crippen molar-refractivity contribution < 1.29 is 4.79 Å². The second-order valence-electron chi connectivity index (χ2n) is 5.60. The second-order valence-corrected chi connectivity index (χ2v) is 5.60. The van der Waals surface area contributed by atoms with E-state index in [1.54, 1.807) is 0 Å². The first-order valence-electron chi connectivity index (χ1n) is 7.07. The van der Waals surface area contributed by atoms with Crippen molar-refractivity contribution in [2.75, 3.05) is 18.0 Å². The van der Waals surface area contributed by atoms with Crippen LogP contribution in [0.5, 0.6) is 0 Å². The summed E-state index contributed by atoms with van der Waals surface area (Å²) in [6.45, 7) is 3.79. The monoisotopic (exact) mass is 259 g/mol. The molecule has 4 nitrogen and oxygen atoms in total. The molecule has 3 atom stereocenters. The van der Waals surface area contributed by atoms with Gasteiger partial charge < -0.3 is 16.0 Å². The highest BCUT2D eigenvalue weighted by atomic mass is 16.2. The fourth-order valence-electron chi connectivity index (χ4n) is 3.38. The van der Waals surface area contributed by atoms with Gasteiger partial charge in [0.05, 0.1) is 12.0 Å². The van der Waals surface area contributed by atoms with Gasteiger partial charge in [-0.25, -0.2) is 0 Å². The van der Waals surface area contributed by atoms with Gasteiger partial charge in [-0.1, -0.05) is 18.2 Å². The Hall–Kier alpha value is -1.55. The molecule has 0 radical (unpaired) electrons. The molecule has 3 rings (SSSR count). The zero-order valence-corrected chi connectivity index (χ0v) is 11.3. The zero-order chi connectivity index (χ0) is 13.4. The van der Waals surface area contributed by atoms with Crippen molar-refractivity contribution in [1.82, 2.24) is 5.32 Å². The van der Waals surface area contributed by atoms with E-state index in [2.05, 4.69) is 28.4 Å².